The number of aromatic nitrogens is 2. The van der Waals surface area contributed by atoms with Gasteiger partial charge in [-0.15, -0.1) is 11.3 Å². The van der Waals surface area contributed by atoms with Crippen LogP contribution in [0.3, 0.4) is 0 Å². The highest BCUT2D eigenvalue weighted by atomic mass is 35.5. The Hall–Kier alpha value is -2.47. The quantitative estimate of drug-likeness (QED) is 0.482. The van der Waals surface area contributed by atoms with Crippen LogP contribution in [0.4, 0.5) is 0 Å². The van der Waals surface area contributed by atoms with Crippen molar-refractivity contribution in [3.63, 3.8) is 0 Å². The molecule has 0 bridgehead atoms. The summed E-state index contributed by atoms with van der Waals surface area (Å²) in [4.78, 5) is 36.7. The molecule has 1 fully saturated rings. The molecule has 4 heterocycles. The van der Waals surface area contributed by atoms with Crippen LogP contribution in [0.15, 0.2) is 24.3 Å². The highest BCUT2D eigenvalue weighted by Gasteiger charge is 2.36. The molecule has 1 aromatic carbocycles. The van der Waals surface area contributed by atoms with Crippen molar-refractivity contribution in [2.24, 2.45) is 0 Å². The number of amides is 2. The first kappa shape index (κ1) is 23.3. The molecule has 0 spiro atoms. The van der Waals surface area contributed by atoms with Crippen LogP contribution in [0.1, 0.15) is 37.3 Å². The number of nitrogens with one attached hydrogen (secondary N) is 3. The number of fused-ring (bicyclic) bond motifs is 2. The number of hydrogen-bond acceptors (Lipinski definition) is 7. The molecule has 2 amide bonds. The summed E-state index contributed by atoms with van der Waals surface area (Å²) in [7, 11) is -1.32. The number of thiazole rings is 1. The molecule has 0 unspecified atom stereocenters. The summed E-state index contributed by atoms with van der Waals surface area (Å²) >= 11 is 7.36. The van der Waals surface area contributed by atoms with Gasteiger partial charge < -0.3 is 20.5 Å². The zero-order chi connectivity index (χ0) is 24.0. The molecule has 0 radical (unpaired) electrons. The maximum atomic E-state index is 13.0. The molecule has 2 aromatic heterocycles. The van der Waals surface area contributed by atoms with Crippen LogP contribution in [0.25, 0.3) is 10.9 Å². The van der Waals surface area contributed by atoms with Gasteiger partial charge in [-0.05, 0) is 37.7 Å². The van der Waals surface area contributed by atoms with Gasteiger partial charge in [0.25, 0.3) is 11.8 Å². The second kappa shape index (κ2) is 8.95. The van der Waals surface area contributed by atoms with E-state index in [1.807, 2.05) is 7.05 Å². The third-order valence-corrected chi connectivity index (χ3v) is 9.28. The van der Waals surface area contributed by atoms with Gasteiger partial charge in [-0.1, -0.05) is 11.6 Å². The lowest BCUT2D eigenvalue weighted by Gasteiger charge is -2.32. The van der Waals surface area contributed by atoms with Crippen LogP contribution in [-0.4, -0.2) is 72.3 Å². The third kappa shape index (κ3) is 4.83. The summed E-state index contributed by atoms with van der Waals surface area (Å²) in [5, 5.41) is 7.41. The molecule has 2 aliphatic rings. The fourth-order valence-electron chi connectivity index (χ4n) is 4.42. The second-order valence-electron chi connectivity index (χ2n) is 8.85. The second-order valence-corrected chi connectivity index (χ2v) is 12.6. The van der Waals surface area contributed by atoms with Crippen molar-refractivity contribution in [2.45, 2.75) is 31.5 Å². The lowest BCUT2D eigenvalue weighted by Crippen LogP contribution is -2.58. The van der Waals surface area contributed by atoms with Crippen molar-refractivity contribution in [2.75, 3.05) is 25.1 Å². The fraction of sp³-hybridized carbons (Fsp3) is 0.409. The molecule has 180 valence electrons. The normalized spacial score (nSPS) is 22.3. The van der Waals surface area contributed by atoms with Gasteiger partial charge in [-0.3, -0.25) is 9.59 Å². The van der Waals surface area contributed by atoms with Crippen molar-refractivity contribution >= 4 is 55.5 Å². The zero-order valence-electron chi connectivity index (χ0n) is 18.4. The highest BCUT2D eigenvalue weighted by molar-refractivity contribution is 7.91. The number of carbonyl (C=O) groups is 2. The number of H-pyrrole nitrogens is 1. The molecule has 0 aliphatic carbocycles. The molecule has 2 aliphatic heterocycles. The van der Waals surface area contributed by atoms with Gasteiger partial charge in [0.15, 0.2) is 14.8 Å². The molecule has 5 rings (SSSR count). The SMILES string of the molecule is CN1CCc2nc(C(=O)N[C@H]3CS(=O)(=O)CC[C@@H]3NC(=O)c3cc4cc(Cl)ccc4[nH]3)sc2C1. The van der Waals surface area contributed by atoms with Crippen molar-refractivity contribution < 1.29 is 18.0 Å². The Labute approximate surface area is 205 Å². The largest absolute Gasteiger partial charge is 0.351 e. The van der Waals surface area contributed by atoms with E-state index in [0.29, 0.717) is 15.7 Å². The van der Waals surface area contributed by atoms with Gasteiger partial charge in [-0.2, -0.15) is 0 Å². The Bertz CT molecular complexity index is 1380. The van der Waals surface area contributed by atoms with Crippen molar-refractivity contribution in [1.82, 2.24) is 25.5 Å². The smallest absolute Gasteiger partial charge is 0.280 e. The minimum atomic E-state index is -3.34. The molecule has 3 aromatic rings. The number of likely N-dealkylation sites (N-methyl/N-ethyl adjacent to an activating group) is 1. The van der Waals surface area contributed by atoms with E-state index >= 15 is 0 Å². The summed E-state index contributed by atoms with van der Waals surface area (Å²) in [6, 6.07) is 5.69. The molecular formula is C22H24ClN5O4S2. The molecule has 12 heteroatoms. The van der Waals surface area contributed by atoms with E-state index in [-0.39, 0.29) is 23.8 Å². The van der Waals surface area contributed by atoms with E-state index in [2.05, 4.69) is 25.5 Å². The predicted molar refractivity (Wildman–Crippen MR) is 131 cm³/mol. The first-order valence-corrected chi connectivity index (χ1v) is 14.0. The lowest BCUT2D eigenvalue weighted by atomic mass is 10.1. The van der Waals surface area contributed by atoms with E-state index in [1.54, 1.807) is 24.3 Å². The summed E-state index contributed by atoms with van der Waals surface area (Å²) in [6.07, 6.45) is 0.992. The molecule has 2 atom stereocenters. The van der Waals surface area contributed by atoms with Crippen LogP contribution in [0, 0.1) is 0 Å². The molecular weight excluding hydrogens is 498 g/mol. The van der Waals surface area contributed by atoms with E-state index in [1.165, 1.54) is 11.3 Å². The van der Waals surface area contributed by atoms with E-state index in [0.717, 1.165) is 41.0 Å². The number of hydrogen-bond donors (Lipinski definition) is 3. The summed E-state index contributed by atoms with van der Waals surface area (Å²) in [5.74, 6) is -1.07. The van der Waals surface area contributed by atoms with Crippen LogP contribution < -0.4 is 10.6 Å². The third-order valence-electron chi connectivity index (χ3n) is 6.24. The standard InChI is InChI=1S/C22H24ClN5O4S2/c1-28-6-4-16-19(10-28)33-22(27-16)21(30)26-18-11-34(31,32)7-5-15(18)25-20(29)17-9-12-8-13(23)2-3-14(12)24-17/h2-3,8-9,15,18,24H,4-7,10-11H2,1H3,(H,25,29)(H,26,30)/t15-,18-/m0/s1. The zero-order valence-corrected chi connectivity index (χ0v) is 20.8. The van der Waals surface area contributed by atoms with Crippen LogP contribution in [0.5, 0.6) is 0 Å². The van der Waals surface area contributed by atoms with E-state index in [4.69, 9.17) is 11.6 Å². The first-order chi connectivity index (χ1) is 16.2. The molecule has 9 nitrogen and oxygen atoms in total. The maximum absolute atomic E-state index is 13.0. The Balaban J connectivity index is 1.32. The topological polar surface area (TPSA) is 124 Å². The number of aromatic amines is 1. The molecule has 0 saturated carbocycles. The average molecular weight is 522 g/mol. The van der Waals surface area contributed by atoms with Gasteiger partial charge in [0.1, 0.15) is 5.69 Å². The monoisotopic (exact) mass is 521 g/mol. The summed E-state index contributed by atoms with van der Waals surface area (Å²) in [6.45, 7) is 1.62. The summed E-state index contributed by atoms with van der Waals surface area (Å²) in [5.41, 5.74) is 2.03. The number of benzene rings is 1. The summed E-state index contributed by atoms with van der Waals surface area (Å²) < 4.78 is 24.6. The Kier molecular flexibility index (Phi) is 6.13. The van der Waals surface area contributed by atoms with Gasteiger partial charge in [-0.25, -0.2) is 13.4 Å². The van der Waals surface area contributed by atoms with Gasteiger partial charge in [0.05, 0.1) is 29.3 Å². The van der Waals surface area contributed by atoms with Crippen molar-refractivity contribution in [3.8, 4) is 0 Å². The minimum Gasteiger partial charge on any atom is -0.351 e. The number of carbonyl (C=O) groups excluding carboxylic acids is 2. The number of rotatable bonds is 4. The lowest BCUT2D eigenvalue weighted by molar-refractivity contribution is 0.0882. The van der Waals surface area contributed by atoms with E-state index in [9.17, 15) is 18.0 Å². The van der Waals surface area contributed by atoms with Crippen molar-refractivity contribution in [3.05, 3.63) is 50.6 Å². The Morgan fingerprint density at radius 1 is 1.21 bits per heavy atom. The minimum absolute atomic E-state index is 0.0511. The average Bonchev–Trinajstić information content (AvgIpc) is 3.38. The number of nitrogens with zero attached hydrogens (tertiary/aromatic N) is 2. The Morgan fingerprint density at radius 2 is 2.00 bits per heavy atom. The van der Waals surface area contributed by atoms with Gasteiger partial charge >= 0.3 is 0 Å². The highest BCUT2D eigenvalue weighted by Crippen LogP contribution is 2.25. The van der Waals surface area contributed by atoms with Crippen LogP contribution in [-0.2, 0) is 22.8 Å². The maximum Gasteiger partial charge on any atom is 0.280 e. The predicted octanol–water partition coefficient (Wildman–Crippen LogP) is 1.98. The number of sulfone groups is 1. The van der Waals surface area contributed by atoms with Crippen LogP contribution >= 0.6 is 22.9 Å². The molecule has 3 N–H and O–H groups in total. The van der Waals surface area contributed by atoms with Crippen molar-refractivity contribution in [1.29, 1.82) is 0 Å². The molecule has 34 heavy (non-hydrogen) atoms. The van der Waals surface area contributed by atoms with E-state index < -0.39 is 27.8 Å². The van der Waals surface area contributed by atoms with Gasteiger partial charge in [0, 0.05) is 40.3 Å². The molecule has 1 saturated heterocycles. The Morgan fingerprint density at radius 3 is 2.82 bits per heavy atom. The number of halogens is 1. The fourth-order valence-corrected chi connectivity index (χ4v) is 7.33. The first-order valence-electron chi connectivity index (χ1n) is 10.9. The van der Waals surface area contributed by atoms with Gasteiger partial charge in [0.2, 0.25) is 0 Å². The van der Waals surface area contributed by atoms with Crippen LogP contribution in [0.2, 0.25) is 5.02 Å².